The molecule has 1 heterocycles. The third-order valence-corrected chi connectivity index (χ3v) is 4.37. The summed E-state index contributed by atoms with van der Waals surface area (Å²) < 4.78 is 49.5. The van der Waals surface area contributed by atoms with Gasteiger partial charge in [0, 0.05) is 11.6 Å². The third-order valence-electron chi connectivity index (χ3n) is 4.37. The summed E-state index contributed by atoms with van der Waals surface area (Å²) in [4.78, 5) is 14.9. The molecule has 0 spiro atoms. The number of rotatable bonds is 6. The standard InChI is InChI=1S/C22H18F3NO4/c1-13-11-18(9-5-15(13)6-10-20(27)28)29-12-19-14(2)26-21(30-19)16-3-7-17(8-4-16)22(23,24)25/h3-11H,12H2,1-2H3,(H,27,28). The molecule has 0 aliphatic rings. The molecule has 1 aromatic heterocycles. The number of halogens is 3. The molecule has 0 atom stereocenters. The van der Waals surface area contributed by atoms with Gasteiger partial charge in [0.1, 0.15) is 12.4 Å². The van der Waals surface area contributed by atoms with Gasteiger partial charge >= 0.3 is 12.1 Å². The minimum absolute atomic E-state index is 0.0865. The average Bonchev–Trinajstić information content (AvgIpc) is 3.05. The average molecular weight is 417 g/mol. The highest BCUT2D eigenvalue weighted by molar-refractivity contribution is 5.85. The van der Waals surface area contributed by atoms with Crippen molar-refractivity contribution in [3.05, 3.63) is 76.7 Å². The Hall–Kier alpha value is -3.55. The van der Waals surface area contributed by atoms with E-state index >= 15 is 0 Å². The van der Waals surface area contributed by atoms with E-state index in [4.69, 9.17) is 14.3 Å². The predicted molar refractivity (Wildman–Crippen MR) is 104 cm³/mol. The van der Waals surface area contributed by atoms with Gasteiger partial charge in [0.05, 0.1) is 11.3 Å². The summed E-state index contributed by atoms with van der Waals surface area (Å²) in [5, 5.41) is 8.71. The molecule has 0 saturated heterocycles. The van der Waals surface area contributed by atoms with E-state index in [0.29, 0.717) is 22.8 Å². The number of ether oxygens (including phenoxy) is 1. The Morgan fingerprint density at radius 1 is 1.17 bits per heavy atom. The van der Waals surface area contributed by atoms with E-state index in [1.54, 1.807) is 25.1 Å². The fourth-order valence-electron chi connectivity index (χ4n) is 2.72. The van der Waals surface area contributed by atoms with Crippen LogP contribution >= 0.6 is 0 Å². The molecule has 0 aliphatic carbocycles. The molecule has 5 nitrogen and oxygen atoms in total. The molecule has 0 unspecified atom stereocenters. The second kappa shape index (κ2) is 8.44. The number of carboxylic acids is 1. The smallest absolute Gasteiger partial charge is 0.416 e. The zero-order valence-electron chi connectivity index (χ0n) is 16.2. The largest absolute Gasteiger partial charge is 0.486 e. The number of benzene rings is 2. The first-order valence-electron chi connectivity index (χ1n) is 8.92. The quantitative estimate of drug-likeness (QED) is 0.525. The first-order valence-corrected chi connectivity index (χ1v) is 8.92. The van der Waals surface area contributed by atoms with E-state index in [1.807, 2.05) is 6.92 Å². The monoisotopic (exact) mass is 417 g/mol. The molecule has 0 bridgehead atoms. The van der Waals surface area contributed by atoms with Gasteiger partial charge in [-0.2, -0.15) is 13.2 Å². The van der Waals surface area contributed by atoms with Crippen molar-refractivity contribution in [2.24, 2.45) is 0 Å². The van der Waals surface area contributed by atoms with Gasteiger partial charge in [0.2, 0.25) is 5.89 Å². The van der Waals surface area contributed by atoms with Crippen LogP contribution in [-0.2, 0) is 17.6 Å². The van der Waals surface area contributed by atoms with Gasteiger partial charge in [-0.05, 0) is 67.4 Å². The summed E-state index contributed by atoms with van der Waals surface area (Å²) >= 11 is 0. The van der Waals surface area contributed by atoms with Crippen molar-refractivity contribution in [2.75, 3.05) is 0 Å². The lowest BCUT2D eigenvalue weighted by Gasteiger charge is -2.07. The van der Waals surface area contributed by atoms with Crippen LogP contribution in [0.2, 0.25) is 0 Å². The number of aliphatic carboxylic acids is 1. The molecule has 0 aliphatic heterocycles. The van der Waals surface area contributed by atoms with Crippen LogP contribution in [0.15, 0.2) is 53.0 Å². The summed E-state index contributed by atoms with van der Waals surface area (Å²) in [7, 11) is 0. The Morgan fingerprint density at radius 3 is 2.47 bits per heavy atom. The van der Waals surface area contributed by atoms with Gasteiger partial charge in [-0.15, -0.1) is 0 Å². The molecular weight excluding hydrogens is 399 g/mol. The third kappa shape index (κ3) is 5.08. The molecule has 3 aromatic rings. The molecule has 30 heavy (non-hydrogen) atoms. The molecule has 1 N–H and O–H groups in total. The first-order chi connectivity index (χ1) is 14.1. The molecule has 2 aromatic carbocycles. The highest BCUT2D eigenvalue weighted by Gasteiger charge is 2.30. The lowest BCUT2D eigenvalue weighted by atomic mass is 10.1. The van der Waals surface area contributed by atoms with E-state index in [-0.39, 0.29) is 12.5 Å². The fourth-order valence-corrected chi connectivity index (χ4v) is 2.72. The lowest BCUT2D eigenvalue weighted by molar-refractivity contribution is -0.137. The van der Waals surface area contributed by atoms with Crippen LogP contribution in [0.3, 0.4) is 0 Å². The number of aryl methyl sites for hydroxylation is 2. The van der Waals surface area contributed by atoms with Crippen LogP contribution < -0.4 is 4.74 Å². The number of oxazole rings is 1. The Bertz CT molecular complexity index is 1080. The van der Waals surface area contributed by atoms with Crippen molar-refractivity contribution in [1.82, 2.24) is 4.98 Å². The molecule has 0 amide bonds. The van der Waals surface area contributed by atoms with E-state index in [0.717, 1.165) is 29.3 Å². The SMILES string of the molecule is Cc1cc(OCc2oc(-c3ccc(C(F)(F)F)cc3)nc2C)ccc1C=CC(=O)O. The maximum Gasteiger partial charge on any atom is 0.416 e. The van der Waals surface area contributed by atoms with Gasteiger partial charge in [0.25, 0.3) is 0 Å². The molecular formula is C22H18F3NO4. The van der Waals surface area contributed by atoms with Gasteiger partial charge in [-0.3, -0.25) is 0 Å². The molecule has 3 rings (SSSR count). The van der Waals surface area contributed by atoms with Gasteiger partial charge in [-0.25, -0.2) is 9.78 Å². The number of aromatic nitrogens is 1. The van der Waals surface area contributed by atoms with Crippen molar-refractivity contribution >= 4 is 12.0 Å². The molecule has 8 heteroatoms. The van der Waals surface area contributed by atoms with Crippen LogP contribution in [0.5, 0.6) is 5.75 Å². The lowest BCUT2D eigenvalue weighted by Crippen LogP contribution is -2.03. The van der Waals surface area contributed by atoms with Crippen molar-refractivity contribution in [1.29, 1.82) is 0 Å². The number of nitrogens with zero attached hydrogens (tertiary/aromatic N) is 1. The second-order valence-corrected chi connectivity index (χ2v) is 6.58. The Morgan fingerprint density at radius 2 is 1.87 bits per heavy atom. The fraction of sp³-hybridized carbons (Fsp3) is 0.182. The van der Waals surface area contributed by atoms with Gasteiger partial charge in [0.15, 0.2) is 5.76 Å². The van der Waals surface area contributed by atoms with E-state index in [1.165, 1.54) is 18.2 Å². The van der Waals surface area contributed by atoms with E-state index in [2.05, 4.69) is 4.98 Å². The zero-order chi connectivity index (χ0) is 21.9. The topological polar surface area (TPSA) is 72.6 Å². The van der Waals surface area contributed by atoms with Gasteiger partial charge in [-0.1, -0.05) is 6.07 Å². The first kappa shape index (κ1) is 21.2. The number of alkyl halides is 3. The Labute approximate surface area is 170 Å². The Balaban J connectivity index is 1.71. The van der Waals surface area contributed by atoms with Crippen molar-refractivity contribution in [3.63, 3.8) is 0 Å². The molecule has 0 radical (unpaired) electrons. The van der Waals surface area contributed by atoms with Crippen LogP contribution in [0.1, 0.15) is 28.1 Å². The minimum Gasteiger partial charge on any atom is -0.486 e. The van der Waals surface area contributed by atoms with Crippen LogP contribution in [0, 0.1) is 13.8 Å². The second-order valence-electron chi connectivity index (χ2n) is 6.58. The summed E-state index contributed by atoms with van der Waals surface area (Å²) in [6, 6.07) is 9.80. The maximum atomic E-state index is 12.7. The normalized spacial score (nSPS) is 11.8. The van der Waals surface area contributed by atoms with E-state index < -0.39 is 17.7 Å². The van der Waals surface area contributed by atoms with Crippen LogP contribution in [-0.4, -0.2) is 16.1 Å². The number of carbonyl (C=O) groups is 1. The summed E-state index contributed by atoms with van der Waals surface area (Å²) in [6.07, 6.45) is -1.84. The summed E-state index contributed by atoms with van der Waals surface area (Å²) in [5.41, 5.74) is 1.86. The summed E-state index contributed by atoms with van der Waals surface area (Å²) in [5.74, 6) is 0.203. The number of carboxylic acid groups (broad SMARTS) is 1. The highest BCUT2D eigenvalue weighted by Crippen LogP contribution is 2.31. The molecule has 0 saturated carbocycles. The van der Waals surface area contributed by atoms with Crippen LogP contribution in [0.4, 0.5) is 13.2 Å². The predicted octanol–water partition coefficient (Wildman–Crippen LogP) is 5.65. The maximum absolute atomic E-state index is 12.7. The Kier molecular flexibility index (Phi) is 5.96. The van der Waals surface area contributed by atoms with Crippen molar-refractivity contribution in [3.8, 4) is 17.2 Å². The molecule has 0 fully saturated rings. The van der Waals surface area contributed by atoms with Crippen LogP contribution in [0.25, 0.3) is 17.5 Å². The highest BCUT2D eigenvalue weighted by atomic mass is 19.4. The minimum atomic E-state index is -4.40. The van der Waals surface area contributed by atoms with Gasteiger partial charge < -0.3 is 14.3 Å². The zero-order valence-corrected chi connectivity index (χ0v) is 16.2. The number of hydrogen-bond donors (Lipinski definition) is 1. The van der Waals surface area contributed by atoms with Crippen molar-refractivity contribution < 1.29 is 32.2 Å². The number of hydrogen-bond acceptors (Lipinski definition) is 4. The molecule has 156 valence electrons. The van der Waals surface area contributed by atoms with E-state index in [9.17, 15) is 18.0 Å². The summed E-state index contributed by atoms with van der Waals surface area (Å²) in [6.45, 7) is 3.64. The van der Waals surface area contributed by atoms with Crippen molar-refractivity contribution in [2.45, 2.75) is 26.6 Å².